The summed E-state index contributed by atoms with van der Waals surface area (Å²) in [5, 5.41) is 0. The summed E-state index contributed by atoms with van der Waals surface area (Å²) in [6, 6.07) is 13.4. The van der Waals surface area contributed by atoms with Gasteiger partial charge in [0.05, 0.1) is 0 Å². The third-order valence-corrected chi connectivity index (χ3v) is 3.31. The van der Waals surface area contributed by atoms with Gasteiger partial charge in [0.1, 0.15) is 5.75 Å². The maximum atomic E-state index is 12.4. The number of hydrogen-bond acceptors (Lipinski definition) is 2. The van der Waals surface area contributed by atoms with E-state index in [1.807, 2.05) is 18.4 Å². The molecule has 5 heteroatoms. The van der Waals surface area contributed by atoms with E-state index >= 15 is 0 Å². The SMILES string of the molecule is CSc1ccccc1-c1ccccc1OC(F)(F)F. The molecule has 0 spiro atoms. The molecule has 19 heavy (non-hydrogen) atoms. The summed E-state index contributed by atoms with van der Waals surface area (Å²) in [7, 11) is 0. The van der Waals surface area contributed by atoms with Crippen LogP contribution in [0, 0.1) is 0 Å². The molecule has 0 unspecified atom stereocenters. The van der Waals surface area contributed by atoms with E-state index in [2.05, 4.69) is 4.74 Å². The zero-order valence-corrected chi connectivity index (χ0v) is 10.9. The monoisotopic (exact) mass is 284 g/mol. The number of halogens is 3. The molecule has 100 valence electrons. The smallest absolute Gasteiger partial charge is 0.405 e. The Balaban J connectivity index is 2.50. The summed E-state index contributed by atoms with van der Waals surface area (Å²) in [4.78, 5) is 0.903. The summed E-state index contributed by atoms with van der Waals surface area (Å²) in [5.41, 5.74) is 1.17. The van der Waals surface area contributed by atoms with Gasteiger partial charge in [0.25, 0.3) is 0 Å². The molecule has 0 N–H and O–H groups in total. The van der Waals surface area contributed by atoms with Crippen LogP contribution < -0.4 is 4.74 Å². The van der Waals surface area contributed by atoms with E-state index in [1.165, 1.54) is 23.9 Å². The molecule has 0 aliphatic carbocycles. The second-order valence-electron chi connectivity index (χ2n) is 3.74. The van der Waals surface area contributed by atoms with Gasteiger partial charge in [0, 0.05) is 10.5 Å². The minimum absolute atomic E-state index is 0.184. The lowest BCUT2D eigenvalue weighted by atomic mass is 10.0. The van der Waals surface area contributed by atoms with Crippen molar-refractivity contribution < 1.29 is 17.9 Å². The second kappa shape index (κ2) is 5.57. The van der Waals surface area contributed by atoms with Crippen molar-refractivity contribution in [3.05, 3.63) is 48.5 Å². The van der Waals surface area contributed by atoms with Crippen molar-refractivity contribution in [1.82, 2.24) is 0 Å². The highest BCUT2D eigenvalue weighted by molar-refractivity contribution is 7.98. The highest BCUT2D eigenvalue weighted by Gasteiger charge is 2.32. The number of rotatable bonds is 3. The van der Waals surface area contributed by atoms with E-state index in [9.17, 15) is 13.2 Å². The largest absolute Gasteiger partial charge is 0.573 e. The first-order valence-electron chi connectivity index (χ1n) is 5.49. The topological polar surface area (TPSA) is 9.23 Å². The van der Waals surface area contributed by atoms with Gasteiger partial charge in [-0.2, -0.15) is 0 Å². The maximum absolute atomic E-state index is 12.4. The van der Waals surface area contributed by atoms with Gasteiger partial charge in [-0.1, -0.05) is 36.4 Å². The molecule has 0 fully saturated rings. The Hall–Kier alpha value is -1.62. The van der Waals surface area contributed by atoms with E-state index in [1.54, 1.807) is 24.3 Å². The van der Waals surface area contributed by atoms with Gasteiger partial charge in [-0.05, 0) is 24.0 Å². The fraction of sp³-hybridized carbons (Fsp3) is 0.143. The standard InChI is InChI=1S/C14H11F3OS/c1-19-13-9-5-3-7-11(13)10-6-2-4-8-12(10)18-14(15,16)17/h2-9H,1H3. The third kappa shape index (κ3) is 3.44. The van der Waals surface area contributed by atoms with E-state index in [-0.39, 0.29) is 5.75 Å². The van der Waals surface area contributed by atoms with Crippen LogP contribution >= 0.6 is 11.8 Å². The second-order valence-corrected chi connectivity index (χ2v) is 4.59. The van der Waals surface area contributed by atoms with Gasteiger partial charge in [0.2, 0.25) is 0 Å². The number of hydrogen-bond donors (Lipinski definition) is 0. The molecule has 0 atom stereocenters. The van der Waals surface area contributed by atoms with Gasteiger partial charge in [-0.25, -0.2) is 0 Å². The number of para-hydroxylation sites is 1. The summed E-state index contributed by atoms with van der Waals surface area (Å²) < 4.78 is 41.3. The van der Waals surface area contributed by atoms with E-state index in [4.69, 9.17) is 0 Å². The zero-order chi connectivity index (χ0) is 13.9. The minimum atomic E-state index is -4.69. The Morgan fingerprint density at radius 3 is 2.11 bits per heavy atom. The molecular weight excluding hydrogens is 273 g/mol. The predicted molar refractivity (Wildman–Crippen MR) is 70.3 cm³/mol. The van der Waals surface area contributed by atoms with Crippen LogP contribution in [0.2, 0.25) is 0 Å². The first-order valence-corrected chi connectivity index (χ1v) is 6.72. The maximum Gasteiger partial charge on any atom is 0.573 e. The van der Waals surface area contributed by atoms with Gasteiger partial charge >= 0.3 is 6.36 Å². The molecule has 0 aromatic heterocycles. The van der Waals surface area contributed by atoms with Crippen LogP contribution in [0.15, 0.2) is 53.4 Å². The van der Waals surface area contributed by atoms with Gasteiger partial charge in [0.15, 0.2) is 0 Å². The molecule has 2 aromatic carbocycles. The number of benzene rings is 2. The molecule has 0 bridgehead atoms. The van der Waals surface area contributed by atoms with Crippen LogP contribution in [0.3, 0.4) is 0 Å². The van der Waals surface area contributed by atoms with Crippen molar-refractivity contribution in [1.29, 1.82) is 0 Å². The van der Waals surface area contributed by atoms with Crippen LogP contribution in [-0.4, -0.2) is 12.6 Å². The molecule has 0 aliphatic rings. The van der Waals surface area contributed by atoms with E-state index in [0.717, 1.165) is 10.5 Å². The molecule has 0 saturated carbocycles. The fourth-order valence-electron chi connectivity index (χ4n) is 1.77. The molecule has 2 rings (SSSR count). The summed E-state index contributed by atoms with van der Waals surface area (Å²) in [5.74, 6) is -0.184. The van der Waals surface area contributed by atoms with Crippen molar-refractivity contribution >= 4 is 11.8 Å². The molecule has 1 nitrogen and oxygen atoms in total. The minimum Gasteiger partial charge on any atom is -0.405 e. The molecule has 0 heterocycles. The first kappa shape index (κ1) is 13.8. The van der Waals surface area contributed by atoms with Crippen LogP contribution in [0.25, 0.3) is 11.1 Å². The van der Waals surface area contributed by atoms with Gasteiger partial charge in [-0.15, -0.1) is 24.9 Å². The van der Waals surface area contributed by atoms with Crippen LogP contribution in [-0.2, 0) is 0 Å². The lowest BCUT2D eigenvalue weighted by Gasteiger charge is -2.14. The zero-order valence-electron chi connectivity index (χ0n) is 10.1. The van der Waals surface area contributed by atoms with Crippen LogP contribution in [0.5, 0.6) is 5.75 Å². The highest BCUT2D eigenvalue weighted by atomic mass is 32.2. The Kier molecular flexibility index (Phi) is 4.04. The fourth-order valence-corrected chi connectivity index (χ4v) is 2.38. The summed E-state index contributed by atoms with van der Waals surface area (Å²) in [6.07, 6.45) is -2.81. The average Bonchev–Trinajstić information content (AvgIpc) is 2.37. The molecular formula is C14H11F3OS. The summed E-state index contributed by atoms with van der Waals surface area (Å²) >= 11 is 1.48. The first-order chi connectivity index (χ1) is 9.01. The quantitative estimate of drug-likeness (QED) is 0.736. The van der Waals surface area contributed by atoms with Gasteiger partial charge < -0.3 is 4.74 Å². The number of alkyl halides is 3. The van der Waals surface area contributed by atoms with Crippen LogP contribution in [0.1, 0.15) is 0 Å². The molecule has 0 amide bonds. The number of ether oxygens (including phenoxy) is 1. The highest BCUT2D eigenvalue weighted by Crippen LogP contribution is 2.37. The average molecular weight is 284 g/mol. The van der Waals surface area contributed by atoms with E-state index < -0.39 is 6.36 Å². The van der Waals surface area contributed by atoms with E-state index in [0.29, 0.717) is 5.56 Å². The Labute approximate surface area is 113 Å². The van der Waals surface area contributed by atoms with Crippen molar-refractivity contribution in [3.63, 3.8) is 0 Å². The van der Waals surface area contributed by atoms with Crippen LogP contribution in [0.4, 0.5) is 13.2 Å². The molecule has 2 aromatic rings. The molecule has 0 aliphatic heterocycles. The molecule has 0 saturated heterocycles. The Bertz CT molecular complexity index is 567. The number of thioether (sulfide) groups is 1. The van der Waals surface area contributed by atoms with Crippen molar-refractivity contribution in [2.45, 2.75) is 11.3 Å². The van der Waals surface area contributed by atoms with Crippen molar-refractivity contribution in [2.75, 3.05) is 6.26 Å². The lowest BCUT2D eigenvalue weighted by Crippen LogP contribution is -2.17. The van der Waals surface area contributed by atoms with Crippen molar-refractivity contribution in [3.8, 4) is 16.9 Å². The normalized spacial score (nSPS) is 11.4. The predicted octanol–water partition coefficient (Wildman–Crippen LogP) is 4.97. The van der Waals surface area contributed by atoms with Crippen molar-refractivity contribution in [2.24, 2.45) is 0 Å². The Morgan fingerprint density at radius 1 is 0.895 bits per heavy atom. The lowest BCUT2D eigenvalue weighted by molar-refractivity contribution is -0.274. The Morgan fingerprint density at radius 2 is 1.47 bits per heavy atom. The molecule has 0 radical (unpaired) electrons. The van der Waals surface area contributed by atoms with Gasteiger partial charge in [-0.3, -0.25) is 0 Å². The third-order valence-electron chi connectivity index (χ3n) is 2.51. The summed E-state index contributed by atoms with van der Waals surface area (Å²) in [6.45, 7) is 0.